The summed E-state index contributed by atoms with van der Waals surface area (Å²) in [6.07, 6.45) is 1.75. The van der Waals surface area contributed by atoms with E-state index in [0.29, 0.717) is 41.1 Å². The van der Waals surface area contributed by atoms with Crippen LogP contribution in [-0.4, -0.2) is 53.3 Å². The van der Waals surface area contributed by atoms with Crippen molar-refractivity contribution in [3.05, 3.63) is 28.9 Å². The predicted molar refractivity (Wildman–Crippen MR) is 96.5 cm³/mol. The quantitative estimate of drug-likeness (QED) is 0.775. The molecule has 0 atom stereocenters. The molecule has 1 aliphatic heterocycles. The second kappa shape index (κ2) is 6.50. The van der Waals surface area contributed by atoms with Crippen LogP contribution >= 0.6 is 11.6 Å². The molecule has 0 radical (unpaired) electrons. The highest BCUT2D eigenvalue weighted by Crippen LogP contribution is 2.35. The molecule has 1 N–H and O–H groups in total. The number of nitrogens with one attached hydrogen (secondary N) is 1. The molecule has 4 rings (SSSR count). The third-order valence-corrected chi connectivity index (χ3v) is 4.47. The number of methoxy groups -OCH3 is 1. The zero-order valence-electron chi connectivity index (χ0n) is 14.0. The maximum Gasteiger partial charge on any atom is 0.197 e. The molecule has 0 saturated carbocycles. The number of morpholine rings is 1. The van der Waals surface area contributed by atoms with Crippen LogP contribution in [0.5, 0.6) is 5.75 Å². The lowest BCUT2D eigenvalue weighted by Crippen LogP contribution is -2.36. The van der Waals surface area contributed by atoms with Crippen LogP contribution in [0.2, 0.25) is 5.02 Å². The molecule has 0 spiro atoms. The molecular weight excluding hydrogens is 342 g/mol. The van der Waals surface area contributed by atoms with Crippen LogP contribution in [0, 0.1) is 6.92 Å². The predicted octanol–water partition coefficient (Wildman–Crippen LogP) is 2.83. The first-order valence-corrected chi connectivity index (χ1v) is 8.43. The maximum absolute atomic E-state index is 6.12. The summed E-state index contributed by atoms with van der Waals surface area (Å²) in [7, 11) is 1.62. The van der Waals surface area contributed by atoms with Gasteiger partial charge in [-0.2, -0.15) is 0 Å². The molecule has 8 heteroatoms. The number of aromatic nitrogens is 4. The average Bonchev–Trinajstić information content (AvgIpc) is 3.04. The number of nitrogens with zero attached hydrogens (tertiary/aromatic N) is 4. The van der Waals surface area contributed by atoms with Crippen molar-refractivity contribution in [2.24, 2.45) is 0 Å². The van der Waals surface area contributed by atoms with Gasteiger partial charge >= 0.3 is 0 Å². The topological polar surface area (TPSA) is 76.2 Å². The number of halogens is 1. The molecule has 3 aromatic rings. The fraction of sp³-hybridized carbons (Fsp3) is 0.353. The summed E-state index contributed by atoms with van der Waals surface area (Å²) in [5.74, 6) is 2.16. The number of H-pyrrole nitrogens is 1. The van der Waals surface area contributed by atoms with Gasteiger partial charge in [-0.25, -0.2) is 15.0 Å². The smallest absolute Gasteiger partial charge is 0.197 e. The summed E-state index contributed by atoms with van der Waals surface area (Å²) in [6, 6.07) is 3.66. The summed E-state index contributed by atoms with van der Waals surface area (Å²) < 4.78 is 10.9. The molecule has 1 aliphatic rings. The number of aryl methyl sites for hydroxylation is 1. The molecule has 0 aliphatic carbocycles. The Bertz CT molecular complexity index is 921. The highest BCUT2D eigenvalue weighted by Gasteiger charge is 2.18. The SMILES string of the molecule is COc1cc(Cl)cc(C)c1-c1nc2ncc(N3CCOCC3)nc2[nH]1. The number of ether oxygens (including phenoxy) is 2. The molecule has 3 heterocycles. The highest BCUT2D eigenvalue weighted by atomic mass is 35.5. The summed E-state index contributed by atoms with van der Waals surface area (Å²) in [6.45, 7) is 5.00. The van der Waals surface area contributed by atoms with Gasteiger partial charge in [0.15, 0.2) is 11.3 Å². The largest absolute Gasteiger partial charge is 0.496 e. The molecule has 7 nitrogen and oxygen atoms in total. The first-order valence-electron chi connectivity index (χ1n) is 8.05. The monoisotopic (exact) mass is 359 g/mol. The highest BCUT2D eigenvalue weighted by molar-refractivity contribution is 6.31. The minimum atomic E-state index is 0.573. The molecule has 0 bridgehead atoms. The van der Waals surface area contributed by atoms with Crippen molar-refractivity contribution in [2.75, 3.05) is 38.3 Å². The van der Waals surface area contributed by atoms with Crippen molar-refractivity contribution in [1.82, 2.24) is 19.9 Å². The Morgan fingerprint density at radius 1 is 1.24 bits per heavy atom. The van der Waals surface area contributed by atoms with Gasteiger partial charge in [-0.05, 0) is 24.6 Å². The molecule has 2 aromatic heterocycles. The van der Waals surface area contributed by atoms with Gasteiger partial charge in [0.1, 0.15) is 17.4 Å². The molecule has 25 heavy (non-hydrogen) atoms. The number of aromatic amines is 1. The number of hydrogen-bond donors (Lipinski definition) is 1. The standard InChI is InChI=1S/C17H18ClN5O2/c1-10-7-11(18)8-12(24-2)14(10)15-21-16-17(22-15)20-13(9-19-16)23-3-5-25-6-4-23/h7-9H,3-6H2,1-2H3,(H,19,20,21,22). The summed E-state index contributed by atoms with van der Waals surface area (Å²) in [5, 5.41) is 0.625. The minimum absolute atomic E-state index is 0.573. The van der Waals surface area contributed by atoms with Gasteiger partial charge in [0.05, 0.1) is 32.1 Å². The molecule has 130 valence electrons. The second-order valence-corrected chi connectivity index (χ2v) is 6.32. The minimum Gasteiger partial charge on any atom is -0.496 e. The van der Waals surface area contributed by atoms with E-state index < -0.39 is 0 Å². The van der Waals surface area contributed by atoms with Crippen LogP contribution in [0.1, 0.15) is 5.56 Å². The fourth-order valence-electron chi connectivity index (χ4n) is 3.03. The van der Waals surface area contributed by atoms with Crippen molar-refractivity contribution in [1.29, 1.82) is 0 Å². The third-order valence-electron chi connectivity index (χ3n) is 4.25. The van der Waals surface area contributed by atoms with E-state index >= 15 is 0 Å². The van der Waals surface area contributed by atoms with E-state index in [2.05, 4.69) is 24.8 Å². The van der Waals surface area contributed by atoms with Gasteiger partial charge in [0, 0.05) is 18.1 Å². The Labute approximate surface area is 150 Å². The first-order chi connectivity index (χ1) is 12.2. The van der Waals surface area contributed by atoms with Crippen molar-refractivity contribution < 1.29 is 9.47 Å². The number of anilines is 1. The van der Waals surface area contributed by atoms with Crippen molar-refractivity contribution in [3.63, 3.8) is 0 Å². The zero-order valence-corrected chi connectivity index (χ0v) is 14.8. The van der Waals surface area contributed by atoms with Crippen LogP contribution in [0.4, 0.5) is 5.82 Å². The van der Waals surface area contributed by atoms with E-state index in [1.54, 1.807) is 19.4 Å². The van der Waals surface area contributed by atoms with E-state index in [4.69, 9.17) is 21.1 Å². The Morgan fingerprint density at radius 2 is 2.04 bits per heavy atom. The molecule has 1 saturated heterocycles. The number of rotatable bonds is 3. The van der Waals surface area contributed by atoms with E-state index in [1.807, 2.05) is 13.0 Å². The summed E-state index contributed by atoms with van der Waals surface area (Å²) in [4.78, 5) is 19.1. The van der Waals surface area contributed by atoms with Gasteiger partial charge in [-0.1, -0.05) is 11.6 Å². The van der Waals surface area contributed by atoms with Gasteiger partial charge in [-0.15, -0.1) is 0 Å². The van der Waals surface area contributed by atoms with Crippen molar-refractivity contribution in [3.8, 4) is 17.1 Å². The molecule has 0 unspecified atom stereocenters. The number of benzene rings is 1. The Morgan fingerprint density at radius 3 is 2.80 bits per heavy atom. The summed E-state index contributed by atoms with van der Waals surface area (Å²) >= 11 is 6.12. The number of imidazole rings is 1. The number of fused-ring (bicyclic) bond motifs is 1. The normalized spacial score (nSPS) is 14.9. The summed E-state index contributed by atoms with van der Waals surface area (Å²) in [5.41, 5.74) is 3.05. The van der Waals surface area contributed by atoms with Gasteiger partial charge < -0.3 is 19.4 Å². The van der Waals surface area contributed by atoms with E-state index in [-0.39, 0.29) is 0 Å². The lowest BCUT2D eigenvalue weighted by molar-refractivity contribution is 0.122. The van der Waals surface area contributed by atoms with Crippen molar-refractivity contribution >= 4 is 28.7 Å². The molecule has 1 aromatic carbocycles. The Hall–Kier alpha value is -2.38. The van der Waals surface area contributed by atoms with E-state index in [1.165, 1.54) is 0 Å². The second-order valence-electron chi connectivity index (χ2n) is 5.89. The van der Waals surface area contributed by atoms with Crippen LogP contribution in [-0.2, 0) is 4.74 Å². The molecule has 0 amide bonds. The maximum atomic E-state index is 6.12. The number of hydrogen-bond acceptors (Lipinski definition) is 6. The zero-order chi connectivity index (χ0) is 17.4. The van der Waals surface area contributed by atoms with Crippen LogP contribution in [0.15, 0.2) is 18.3 Å². The van der Waals surface area contributed by atoms with Crippen LogP contribution in [0.3, 0.4) is 0 Å². The fourth-order valence-corrected chi connectivity index (χ4v) is 3.29. The van der Waals surface area contributed by atoms with Gasteiger partial charge in [0.2, 0.25) is 0 Å². The van der Waals surface area contributed by atoms with E-state index in [9.17, 15) is 0 Å². The first kappa shape index (κ1) is 16.1. The van der Waals surface area contributed by atoms with Crippen molar-refractivity contribution in [2.45, 2.75) is 6.92 Å². The van der Waals surface area contributed by atoms with E-state index in [0.717, 1.165) is 30.0 Å². The third kappa shape index (κ3) is 3.01. The average molecular weight is 360 g/mol. The van der Waals surface area contributed by atoms with Gasteiger partial charge in [-0.3, -0.25) is 0 Å². The lowest BCUT2D eigenvalue weighted by Gasteiger charge is -2.27. The molecular formula is C17H18ClN5O2. The lowest BCUT2D eigenvalue weighted by atomic mass is 10.1. The van der Waals surface area contributed by atoms with Gasteiger partial charge in [0.25, 0.3) is 0 Å². The van der Waals surface area contributed by atoms with Crippen LogP contribution in [0.25, 0.3) is 22.7 Å². The Kier molecular flexibility index (Phi) is 4.19. The molecule has 1 fully saturated rings. The Balaban J connectivity index is 1.77. The van der Waals surface area contributed by atoms with Crippen LogP contribution < -0.4 is 9.64 Å².